The highest BCUT2D eigenvalue weighted by atomic mass is 19.1. The fourth-order valence-corrected chi connectivity index (χ4v) is 16.2. The number of morpholine rings is 2. The number of likely N-dealkylation sites (N-methyl/N-ethyl adjacent to an activating group) is 6. The van der Waals surface area contributed by atoms with E-state index in [1.807, 2.05) is 175 Å². The molecule has 0 saturated carbocycles. The molecule has 8 saturated heterocycles. The van der Waals surface area contributed by atoms with Crippen LogP contribution in [0.1, 0.15) is 349 Å². The summed E-state index contributed by atoms with van der Waals surface area (Å²) in [5.74, 6) is -2.50. The zero-order valence-electron chi connectivity index (χ0n) is 98.3. The molecule has 8 rings (SSSR count). The number of ketones is 10. The molecule has 0 aromatic carbocycles. The van der Waals surface area contributed by atoms with E-state index in [1.54, 1.807) is 30.4 Å². The summed E-state index contributed by atoms with van der Waals surface area (Å²) in [6, 6.07) is 1.71. The molecule has 21 nitrogen and oxygen atoms in total. The minimum absolute atomic E-state index is 0.0674. The van der Waals surface area contributed by atoms with Gasteiger partial charge in [0.1, 0.15) is 0 Å². The van der Waals surface area contributed by atoms with Crippen LogP contribution in [0.25, 0.3) is 0 Å². The number of nitrogens with zero attached hydrogens (tertiary/aromatic N) is 6. The first-order valence-electron chi connectivity index (χ1n) is 53.6. The van der Waals surface area contributed by atoms with E-state index in [-0.39, 0.29) is 174 Å². The Hall–Kier alpha value is -6.62. The maximum absolute atomic E-state index is 13.6. The summed E-state index contributed by atoms with van der Waals surface area (Å²) in [4.78, 5) is 127. The van der Waals surface area contributed by atoms with E-state index < -0.39 is 23.3 Å². The second kappa shape index (κ2) is 69.0. The van der Waals surface area contributed by atoms with Crippen molar-refractivity contribution in [3.05, 3.63) is 121 Å². The molecule has 834 valence electrons. The lowest BCUT2D eigenvalue weighted by molar-refractivity contribution is -0.119. The number of halogens is 4. The highest BCUT2D eigenvalue weighted by molar-refractivity contribution is 5.96. The Labute approximate surface area is 880 Å². The van der Waals surface area contributed by atoms with Gasteiger partial charge in [0, 0.05) is 132 Å². The Morgan fingerprint density at radius 3 is 0.710 bits per heavy atom. The molecular weight excluding hydrogens is 1840 g/mol. The monoisotopic (exact) mass is 2040 g/mol. The number of ether oxygens (including phenoxy) is 2. The Morgan fingerprint density at radius 1 is 0.297 bits per heavy atom. The molecule has 0 radical (unpaired) electrons. The van der Waals surface area contributed by atoms with Gasteiger partial charge in [-0.15, -0.1) is 0 Å². The minimum Gasteiger partial charge on any atom is -0.378 e. The van der Waals surface area contributed by atoms with E-state index in [0.29, 0.717) is 63.8 Å². The molecule has 0 aliphatic carbocycles. The number of likely N-dealkylation sites (tertiary alicyclic amines) is 5. The molecule has 8 atom stereocenters. The maximum atomic E-state index is 13.6. The summed E-state index contributed by atoms with van der Waals surface area (Å²) >= 11 is 0. The van der Waals surface area contributed by atoms with Crippen molar-refractivity contribution in [1.82, 2.24) is 45.3 Å². The van der Waals surface area contributed by atoms with Crippen molar-refractivity contribution in [1.29, 1.82) is 0 Å². The minimum atomic E-state index is -0.561. The van der Waals surface area contributed by atoms with Gasteiger partial charge in [0.2, 0.25) is 0 Å². The molecule has 8 fully saturated rings. The normalized spacial score (nSPS) is 21.9. The van der Waals surface area contributed by atoms with Crippen molar-refractivity contribution in [2.24, 2.45) is 54.1 Å². The van der Waals surface area contributed by atoms with Gasteiger partial charge in [-0.3, -0.25) is 72.4 Å². The molecule has 25 heteroatoms. The summed E-state index contributed by atoms with van der Waals surface area (Å²) in [5.41, 5.74) is -0.0600. The van der Waals surface area contributed by atoms with Crippen molar-refractivity contribution in [2.45, 2.75) is 397 Å². The predicted molar refractivity (Wildman–Crippen MR) is 597 cm³/mol. The summed E-state index contributed by atoms with van der Waals surface area (Å²) in [5, 5.41) is 9.88. The van der Waals surface area contributed by atoms with Crippen LogP contribution in [0.15, 0.2) is 121 Å². The zero-order valence-corrected chi connectivity index (χ0v) is 98.3. The Balaban J connectivity index is 0. The Bertz CT molecular complexity index is 3850. The third kappa shape index (κ3) is 80.9. The average Bonchev–Trinajstić information content (AvgIpc) is 1.78. The fraction of sp³-hybridized carbons (Fsp3) is 0.750. The molecule has 0 amide bonds. The van der Waals surface area contributed by atoms with Gasteiger partial charge >= 0.3 is 0 Å². The van der Waals surface area contributed by atoms with Gasteiger partial charge in [-0.05, 0) is 281 Å². The van der Waals surface area contributed by atoms with Gasteiger partial charge in [0.15, 0.2) is 81.1 Å². The van der Waals surface area contributed by atoms with Crippen molar-refractivity contribution < 1.29 is 75.0 Å². The van der Waals surface area contributed by atoms with E-state index in [4.69, 9.17) is 9.47 Å². The van der Waals surface area contributed by atoms with E-state index in [1.165, 1.54) is 56.1 Å². The number of carbonyl (C=O) groups excluding carboxylic acids is 10. The molecule has 0 spiro atoms. The third-order valence-corrected chi connectivity index (χ3v) is 23.3. The first-order chi connectivity index (χ1) is 66.2. The fourth-order valence-electron chi connectivity index (χ4n) is 16.2. The van der Waals surface area contributed by atoms with E-state index in [0.717, 1.165) is 123 Å². The van der Waals surface area contributed by atoms with Crippen LogP contribution >= 0.6 is 0 Å². The molecule has 0 aromatic heterocycles. The van der Waals surface area contributed by atoms with Gasteiger partial charge in [0.25, 0.3) is 0 Å². The first kappa shape index (κ1) is 140. The molecule has 145 heavy (non-hydrogen) atoms. The Kier molecular flexibility index (Phi) is 66.9. The molecule has 4 unspecified atom stereocenters. The van der Waals surface area contributed by atoms with Crippen LogP contribution in [0, 0.1) is 54.1 Å². The van der Waals surface area contributed by atoms with Crippen molar-refractivity contribution >= 4 is 57.8 Å². The van der Waals surface area contributed by atoms with Crippen LogP contribution in [0.5, 0.6) is 0 Å². The number of hydrogen-bond donors (Lipinski definition) is 3. The number of hydrogen-bond acceptors (Lipinski definition) is 21. The van der Waals surface area contributed by atoms with Gasteiger partial charge in [-0.2, -0.15) is 0 Å². The van der Waals surface area contributed by atoms with Gasteiger partial charge in [0.05, 0.1) is 26.4 Å². The Morgan fingerprint density at radius 2 is 0.517 bits per heavy atom. The van der Waals surface area contributed by atoms with E-state index in [2.05, 4.69) is 164 Å². The number of nitrogens with one attached hydrogen (secondary N) is 3. The summed E-state index contributed by atoms with van der Waals surface area (Å²) in [7, 11) is 14.0. The van der Waals surface area contributed by atoms with Crippen molar-refractivity contribution in [3.63, 3.8) is 0 Å². The lowest BCUT2D eigenvalue weighted by atomic mass is 9.89. The number of rotatable bonds is 30. The SMILES string of the molecule is C=CC(=O)CC(C)(C)C.CC(C)(C)CC(=O)/C=C/C1COCCN1.CC(C)(C)CC(=O)/C=C/[C@H]1CCCN1.CC(C)(C)CC(=O)/C=C\C1COCCN1.CN(C)C/C=C/C(=O)CC(C)(C)C.CN1CCCC1/C=C(/F)C(=O)CC(C)(C)C.CN1CCCC1/C=C(/F)C(=O)CC(C)(C)C.CN1CCC[C@@H]1/C=C(\F)C(=O)CC(C)(C)C.CN1CCC[C@@H]1/C=C/C(=O)CC(C)(C)C.CN1CCC[C@H]1/C=C(\F)C(=O)CC(C)(C)C. The molecule has 3 N–H and O–H groups in total. The van der Waals surface area contributed by atoms with Crippen LogP contribution in [-0.2, 0) is 57.4 Å². The molecule has 8 aliphatic rings. The molecular formula is C120H209F4N9O12. The third-order valence-electron chi connectivity index (χ3n) is 23.3. The summed E-state index contributed by atoms with van der Waals surface area (Å²) in [6.07, 6.45) is 43.4. The van der Waals surface area contributed by atoms with Crippen LogP contribution in [0.4, 0.5) is 17.6 Å². The van der Waals surface area contributed by atoms with Gasteiger partial charge in [-0.25, -0.2) is 17.6 Å². The molecule has 0 aromatic rings. The van der Waals surface area contributed by atoms with Gasteiger partial charge < -0.3 is 30.3 Å². The van der Waals surface area contributed by atoms with Crippen LogP contribution in [-0.4, -0.2) is 270 Å². The maximum Gasteiger partial charge on any atom is 0.191 e. The summed E-state index contributed by atoms with van der Waals surface area (Å²) < 4.78 is 65.1. The zero-order chi connectivity index (χ0) is 112. The molecule has 8 heterocycles. The number of Topliss-reactive ketones (excluding diaryl/α,β-unsaturated/α-hetero) is 4. The molecule has 8 aliphatic heterocycles. The van der Waals surface area contributed by atoms with E-state index in [9.17, 15) is 65.5 Å². The number of carbonyl (C=O) groups is 10. The lowest BCUT2D eigenvalue weighted by Gasteiger charge is -2.21. The second-order valence-electron chi connectivity index (χ2n) is 53.2. The number of allylic oxidation sites excluding steroid dienone is 10. The van der Waals surface area contributed by atoms with Crippen LogP contribution in [0.3, 0.4) is 0 Å². The second-order valence-corrected chi connectivity index (χ2v) is 53.2. The van der Waals surface area contributed by atoms with E-state index >= 15 is 0 Å². The van der Waals surface area contributed by atoms with Crippen LogP contribution in [0.2, 0.25) is 0 Å². The quantitative estimate of drug-likeness (QED) is 0.0447. The predicted octanol–water partition coefficient (Wildman–Crippen LogP) is 24.1. The smallest absolute Gasteiger partial charge is 0.191 e. The van der Waals surface area contributed by atoms with Crippen molar-refractivity contribution in [3.8, 4) is 0 Å². The molecule has 0 bridgehead atoms. The van der Waals surface area contributed by atoms with Gasteiger partial charge in [-0.1, -0.05) is 245 Å². The highest BCUT2D eigenvalue weighted by Crippen LogP contribution is 2.32. The first-order valence-corrected chi connectivity index (χ1v) is 53.6. The standard InChI is InChI=1S/4C13H22FNO.C13H23NO.2C12H21NO2.C12H21NO.C11H21NO.C8H14O/c4*1-13(2,3)9-12(16)11(14)8-10-6-5-7-15(10)4;1-13(2,3)10-12(15)8-7-11-6-5-9-14(11)4;2*1-12(2,3)8-11(14)5-4-10-9-15-7-6-13-10;1-12(2,3)9-11(14)7-6-10-5-4-8-13-10;1-11(2,3)9-10(13)7-6-8-12(4)5;1-5-7(9)6-8(2,3)4/h4*8,10H,5-7,9H2,1-4H3;7-8,11H,5-6,9-10H2,1-4H3;2*4-5,10,13H,6-9H2,1-3H3;6-7,10,13H,4-5,8-9H2,1-3H3;6-7H,8-9H2,1-5H3;5H,1,6H2,2-4H3/b2*11-8+;2*11-8-;8-7+;5-4+;5-4-;2*7-6+;/t;;2*10-;11-;;;10-;;/m..101..1../s1. The highest BCUT2D eigenvalue weighted by Gasteiger charge is 2.31. The summed E-state index contributed by atoms with van der Waals surface area (Å²) in [6.45, 7) is 75.7. The topological polar surface area (TPSA) is 245 Å². The lowest BCUT2D eigenvalue weighted by Crippen LogP contribution is -2.39. The largest absolute Gasteiger partial charge is 0.378 e. The average molecular weight is 2050 g/mol. The van der Waals surface area contributed by atoms with Crippen molar-refractivity contribution in [2.75, 3.05) is 135 Å². The van der Waals surface area contributed by atoms with Crippen LogP contribution < -0.4 is 16.0 Å².